The highest BCUT2D eigenvalue weighted by atomic mass is 32.1. The summed E-state index contributed by atoms with van der Waals surface area (Å²) in [6.45, 7) is 0. The van der Waals surface area contributed by atoms with E-state index in [0.717, 1.165) is 16.2 Å². The first-order valence-electron chi connectivity index (χ1n) is 4.00. The van der Waals surface area contributed by atoms with Gasteiger partial charge in [0.15, 0.2) is 0 Å². The summed E-state index contributed by atoms with van der Waals surface area (Å²) in [5.41, 5.74) is 1.16. The molecule has 0 unspecified atom stereocenters. The quantitative estimate of drug-likeness (QED) is 0.704. The molecule has 0 aliphatic carbocycles. The van der Waals surface area contributed by atoms with Crippen LogP contribution in [0, 0.1) is 6.07 Å². The minimum Gasteiger partial charge on any atom is -0.497 e. The fourth-order valence-electron chi connectivity index (χ4n) is 1.16. The molecule has 0 atom stereocenters. The standard InChI is InChI=1S/C11H9OS/c1-12-10-5-2-4-9(8-10)11-6-3-7-13-11/h2-5,7-8H,1H3. The Hall–Kier alpha value is -1.28. The number of ether oxygens (including phenoxy) is 1. The van der Waals surface area contributed by atoms with Gasteiger partial charge in [0.25, 0.3) is 0 Å². The third-order valence-electron chi connectivity index (χ3n) is 1.80. The molecule has 1 aromatic carbocycles. The van der Waals surface area contributed by atoms with Crippen molar-refractivity contribution in [3.05, 3.63) is 41.8 Å². The molecule has 2 heteroatoms. The molecule has 0 amide bonds. The number of hydrogen-bond donors (Lipinski definition) is 0. The van der Waals surface area contributed by atoms with Crippen LogP contribution in [0.1, 0.15) is 0 Å². The molecule has 0 bridgehead atoms. The first-order chi connectivity index (χ1) is 6.40. The van der Waals surface area contributed by atoms with Gasteiger partial charge < -0.3 is 4.74 Å². The summed E-state index contributed by atoms with van der Waals surface area (Å²) < 4.78 is 5.14. The van der Waals surface area contributed by atoms with Crippen molar-refractivity contribution in [1.82, 2.24) is 0 Å². The Kier molecular flexibility index (Phi) is 2.32. The third-order valence-corrected chi connectivity index (χ3v) is 2.66. The minimum absolute atomic E-state index is 0.888. The average molecular weight is 189 g/mol. The highest BCUT2D eigenvalue weighted by Crippen LogP contribution is 2.26. The van der Waals surface area contributed by atoms with Crippen molar-refractivity contribution in [2.24, 2.45) is 0 Å². The van der Waals surface area contributed by atoms with Gasteiger partial charge in [-0.15, -0.1) is 11.3 Å². The number of thiophene rings is 1. The summed E-state index contributed by atoms with van der Waals surface area (Å²) in [4.78, 5) is 1.15. The van der Waals surface area contributed by atoms with E-state index in [9.17, 15) is 0 Å². The summed E-state index contributed by atoms with van der Waals surface area (Å²) in [6.07, 6.45) is 0. The topological polar surface area (TPSA) is 9.23 Å². The van der Waals surface area contributed by atoms with E-state index < -0.39 is 0 Å². The monoisotopic (exact) mass is 189 g/mol. The second kappa shape index (κ2) is 3.62. The van der Waals surface area contributed by atoms with Gasteiger partial charge in [-0.25, -0.2) is 0 Å². The highest BCUT2D eigenvalue weighted by molar-refractivity contribution is 7.13. The van der Waals surface area contributed by atoms with E-state index >= 15 is 0 Å². The van der Waals surface area contributed by atoms with Crippen LogP contribution in [0.15, 0.2) is 35.7 Å². The van der Waals surface area contributed by atoms with Gasteiger partial charge in [-0.2, -0.15) is 0 Å². The van der Waals surface area contributed by atoms with Crippen molar-refractivity contribution in [2.75, 3.05) is 7.11 Å². The van der Waals surface area contributed by atoms with Crippen LogP contribution >= 0.6 is 11.3 Å². The van der Waals surface area contributed by atoms with Crippen LogP contribution in [0.4, 0.5) is 0 Å². The fourth-order valence-corrected chi connectivity index (χ4v) is 1.83. The van der Waals surface area contributed by atoms with Crippen LogP contribution in [0.2, 0.25) is 0 Å². The molecule has 1 heterocycles. The Labute approximate surface area is 81.6 Å². The van der Waals surface area contributed by atoms with Gasteiger partial charge in [-0.05, 0) is 29.1 Å². The molecule has 0 saturated carbocycles. The van der Waals surface area contributed by atoms with Gasteiger partial charge >= 0.3 is 0 Å². The maximum atomic E-state index is 5.14. The summed E-state index contributed by atoms with van der Waals surface area (Å²) in [6, 6.07) is 13.1. The van der Waals surface area contributed by atoms with E-state index in [1.165, 1.54) is 0 Å². The third kappa shape index (κ3) is 1.73. The van der Waals surface area contributed by atoms with E-state index in [2.05, 4.69) is 12.1 Å². The Morgan fingerprint density at radius 2 is 2.31 bits per heavy atom. The average Bonchev–Trinajstić information content (AvgIpc) is 2.71. The van der Waals surface area contributed by atoms with E-state index in [0.29, 0.717) is 0 Å². The van der Waals surface area contributed by atoms with Crippen LogP contribution in [0.25, 0.3) is 10.4 Å². The smallest absolute Gasteiger partial charge is 0.119 e. The molecule has 1 nitrogen and oxygen atoms in total. The van der Waals surface area contributed by atoms with E-state index in [1.807, 2.05) is 29.6 Å². The summed E-state index contributed by atoms with van der Waals surface area (Å²) >= 11 is 1.68. The zero-order valence-corrected chi connectivity index (χ0v) is 8.10. The summed E-state index contributed by atoms with van der Waals surface area (Å²) in [5.74, 6) is 0.888. The summed E-state index contributed by atoms with van der Waals surface area (Å²) in [5, 5.41) is 2.02. The van der Waals surface area contributed by atoms with Crippen molar-refractivity contribution < 1.29 is 4.74 Å². The molecule has 0 saturated heterocycles. The van der Waals surface area contributed by atoms with Crippen LogP contribution in [0.3, 0.4) is 0 Å². The van der Waals surface area contributed by atoms with Crippen LogP contribution in [-0.2, 0) is 0 Å². The molecule has 1 radical (unpaired) electrons. The van der Waals surface area contributed by atoms with Crippen molar-refractivity contribution in [3.8, 4) is 16.2 Å². The molecule has 2 rings (SSSR count). The second-order valence-corrected chi connectivity index (χ2v) is 3.54. The molecule has 2 aromatic rings. The minimum atomic E-state index is 0.888. The summed E-state index contributed by atoms with van der Waals surface area (Å²) in [7, 11) is 1.68. The van der Waals surface area contributed by atoms with Gasteiger partial charge in [-0.1, -0.05) is 12.1 Å². The zero-order chi connectivity index (χ0) is 9.10. The zero-order valence-electron chi connectivity index (χ0n) is 7.28. The first kappa shape index (κ1) is 8.32. The van der Waals surface area contributed by atoms with E-state index in [4.69, 9.17) is 4.74 Å². The molecule has 13 heavy (non-hydrogen) atoms. The first-order valence-corrected chi connectivity index (χ1v) is 4.88. The molecule has 65 valence electrons. The van der Waals surface area contributed by atoms with E-state index in [-0.39, 0.29) is 0 Å². The fraction of sp³-hybridized carbons (Fsp3) is 0.0909. The van der Waals surface area contributed by atoms with Gasteiger partial charge in [-0.3, -0.25) is 0 Å². The maximum absolute atomic E-state index is 5.14. The second-order valence-electron chi connectivity index (χ2n) is 2.63. The van der Waals surface area contributed by atoms with Crippen LogP contribution in [-0.4, -0.2) is 7.11 Å². The number of methoxy groups -OCH3 is 1. The Balaban J connectivity index is 2.41. The molecular weight excluding hydrogens is 180 g/mol. The lowest BCUT2D eigenvalue weighted by molar-refractivity contribution is 0.415. The Bertz CT molecular complexity index is 379. The predicted molar refractivity (Wildman–Crippen MR) is 55.1 cm³/mol. The van der Waals surface area contributed by atoms with Crippen molar-refractivity contribution in [1.29, 1.82) is 0 Å². The SMILES string of the molecule is COc1cccc(-c2[c]ccs2)c1. The lowest BCUT2D eigenvalue weighted by atomic mass is 10.2. The van der Waals surface area contributed by atoms with Crippen molar-refractivity contribution in [3.63, 3.8) is 0 Å². The lowest BCUT2D eigenvalue weighted by Crippen LogP contribution is -1.81. The van der Waals surface area contributed by atoms with Crippen LogP contribution < -0.4 is 4.74 Å². The molecule has 0 aliphatic rings. The maximum Gasteiger partial charge on any atom is 0.119 e. The largest absolute Gasteiger partial charge is 0.497 e. The van der Waals surface area contributed by atoms with Gasteiger partial charge in [0.1, 0.15) is 5.75 Å². The normalized spacial score (nSPS) is 9.92. The van der Waals surface area contributed by atoms with Crippen LogP contribution in [0.5, 0.6) is 5.75 Å². The number of hydrogen-bond acceptors (Lipinski definition) is 2. The molecule has 0 spiro atoms. The van der Waals surface area contributed by atoms with Gasteiger partial charge in [0.05, 0.1) is 7.11 Å². The van der Waals surface area contributed by atoms with Gasteiger partial charge in [0.2, 0.25) is 0 Å². The molecule has 0 fully saturated rings. The van der Waals surface area contributed by atoms with Gasteiger partial charge in [0, 0.05) is 10.9 Å². The molecule has 0 N–H and O–H groups in total. The van der Waals surface area contributed by atoms with Crippen molar-refractivity contribution >= 4 is 11.3 Å². The number of benzene rings is 1. The van der Waals surface area contributed by atoms with Crippen molar-refractivity contribution in [2.45, 2.75) is 0 Å². The molecule has 0 aliphatic heterocycles. The number of rotatable bonds is 2. The Morgan fingerprint density at radius 1 is 1.38 bits per heavy atom. The lowest BCUT2D eigenvalue weighted by Gasteiger charge is -2.01. The molecule has 1 aromatic heterocycles. The van der Waals surface area contributed by atoms with E-state index in [1.54, 1.807) is 18.4 Å². The predicted octanol–water partition coefficient (Wildman–Crippen LogP) is 3.22. The molecular formula is C11H9OS. The Morgan fingerprint density at radius 3 is 3.00 bits per heavy atom. The highest BCUT2D eigenvalue weighted by Gasteiger charge is 1.99.